The molecule has 110 valence electrons. The first-order valence-electron chi connectivity index (χ1n) is 6.34. The Hall–Kier alpha value is -1.22. The second kappa shape index (κ2) is 6.04. The number of terminal acetylenes is 3. The summed E-state index contributed by atoms with van der Waals surface area (Å²) in [5.41, 5.74) is -3.92. The van der Waals surface area contributed by atoms with E-state index >= 15 is 0 Å². The fourth-order valence-corrected chi connectivity index (χ4v) is 3.07. The van der Waals surface area contributed by atoms with Crippen LogP contribution >= 0.6 is 0 Å². The second-order valence-corrected chi connectivity index (χ2v) is 7.36. The third kappa shape index (κ3) is 6.28. The molecule has 0 aromatic heterocycles. The van der Waals surface area contributed by atoms with Gasteiger partial charge in [-0.25, -0.2) is 0 Å². The molecule has 0 atom stereocenters. The normalized spacial score (nSPS) is 13.3. The van der Waals surface area contributed by atoms with Gasteiger partial charge in [0.1, 0.15) is 27.0 Å². The largest absolute Gasteiger partial charge is 0.313 e. The topological polar surface area (TPSA) is 27.7 Å². The van der Waals surface area contributed by atoms with E-state index in [1.807, 2.05) is 0 Å². The first kappa shape index (κ1) is 18.8. The van der Waals surface area contributed by atoms with Crippen molar-refractivity contribution in [3.8, 4) is 37.0 Å². The molecule has 0 aliphatic carbocycles. The lowest BCUT2D eigenvalue weighted by Crippen LogP contribution is -2.53. The number of ether oxygens (including phenoxy) is 3. The van der Waals surface area contributed by atoms with Crippen LogP contribution in [0.5, 0.6) is 0 Å². The van der Waals surface area contributed by atoms with Gasteiger partial charge >= 0.3 is 0 Å². The van der Waals surface area contributed by atoms with E-state index in [0.717, 1.165) is 0 Å². The molecule has 0 saturated heterocycles. The van der Waals surface area contributed by atoms with E-state index in [-0.39, 0.29) is 0 Å². The molecular weight excluding hydrogens is 268 g/mol. The molecule has 0 aliphatic heterocycles. The second-order valence-electron chi connectivity index (χ2n) is 6.13. The van der Waals surface area contributed by atoms with Crippen molar-refractivity contribution in [3.63, 3.8) is 0 Å². The van der Waals surface area contributed by atoms with Crippen LogP contribution in [0.25, 0.3) is 0 Å². The van der Waals surface area contributed by atoms with E-state index in [1.54, 1.807) is 41.5 Å². The van der Waals surface area contributed by atoms with E-state index in [0.29, 0.717) is 10.2 Å². The standard InChI is InChI=1S/C16H24O3Si/c1-10-13(4,5)17-16(20,18-14(6,7)11-2)19-15(8,9)12-3/h1-3H,4-9,20H3. The third-order valence-electron chi connectivity index (χ3n) is 2.36. The molecule has 0 radical (unpaired) electrons. The third-order valence-corrected chi connectivity index (χ3v) is 2.98. The van der Waals surface area contributed by atoms with Gasteiger partial charge in [0, 0.05) is 0 Å². The highest BCUT2D eigenvalue weighted by Crippen LogP contribution is 2.29. The monoisotopic (exact) mass is 292 g/mol. The molecule has 0 amide bonds. The lowest BCUT2D eigenvalue weighted by Gasteiger charge is -2.42. The lowest BCUT2D eigenvalue weighted by molar-refractivity contribution is -0.385. The molecule has 0 fully saturated rings. The van der Waals surface area contributed by atoms with Gasteiger partial charge in [0.05, 0.1) is 0 Å². The molecule has 20 heavy (non-hydrogen) atoms. The van der Waals surface area contributed by atoms with Crippen molar-refractivity contribution < 1.29 is 14.2 Å². The zero-order chi connectivity index (χ0) is 16.2. The van der Waals surface area contributed by atoms with E-state index < -0.39 is 22.4 Å². The summed E-state index contributed by atoms with van der Waals surface area (Å²) >= 11 is 0. The summed E-state index contributed by atoms with van der Waals surface area (Å²) in [6, 6.07) is 0. The molecule has 0 spiro atoms. The lowest BCUT2D eigenvalue weighted by atomic mass is 10.1. The molecule has 0 aromatic rings. The van der Waals surface area contributed by atoms with Gasteiger partial charge in [-0.05, 0) is 41.5 Å². The average Bonchev–Trinajstić information content (AvgIpc) is 2.26. The van der Waals surface area contributed by atoms with E-state index in [9.17, 15) is 0 Å². The van der Waals surface area contributed by atoms with Gasteiger partial charge in [0.25, 0.3) is 0 Å². The summed E-state index contributed by atoms with van der Waals surface area (Å²) in [6.07, 6.45) is 16.4. The van der Waals surface area contributed by atoms with Crippen LogP contribution in [0.1, 0.15) is 41.5 Å². The Kier molecular flexibility index (Phi) is 5.67. The van der Waals surface area contributed by atoms with E-state index in [1.165, 1.54) is 0 Å². The van der Waals surface area contributed by atoms with Crippen LogP contribution in [0.3, 0.4) is 0 Å². The first-order valence-corrected chi connectivity index (χ1v) is 7.34. The molecule has 0 bridgehead atoms. The van der Waals surface area contributed by atoms with Gasteiger partial charge < -0.3 is 14.2 Å². The minimum Gasteiger partial charge on any atom is -0.313 e. The Labute approximate surface area is 126 Å². The summed E-state index contributed by atoms with van der Waals surface area (Å²) in [7, 11) is 0.371. The Bertz CT molecular complexity index is 400. The predicted molar refractivity (Wildman–Crippen MR) is 84.7 cm³/mol. The minimum atomic E-state index is -1.33. The maximum Gasteiger partial charge on any atom is 0.249 e. The molecule has 0 rings (SSSR count). The summed E-state index contributed by atoms with van der Waals surface area (Å²) in [5, 5.41) is 0. The van der Waals surface area contributed by atoms with Gasteiger partial charge in [-0.15, -0.1) is 19.3 Å². The van der Waals surface area contributed by atoms with Crippen molar-refractivity contribution >= 4 is 10.2 Å². The van der Waals surface area contributed by atoms with Gasteiger partial charge in [-0.1, -0.05) is 17.8 Å². The van der Waals surface area contributed by atoms with E-state index in [4.69, 9.17) is 33.5 Å². The summed E-state index contributed by atoms with van der Waals surface area (Å²) in [4.78, 5) is 0. The maximum absolute atomic E-state index is 5.84. The van der Waals surface area contributed by atoms with Crippen LogP contribution in [-0.4, -0.2) is 32.6 Å². The van der Waals surface area contributed by atoms with Crippen LogP contribution in [-0.2, 0) is 14.2 Å². The minimum absolute atomic E-state index is 0.371. The van der Waals surface area contributed by atoms with Crippen LogP contribution in [0.2, 0.25) is 0 Å². The first-order chi connectivity index (χ1) is 8.80. The van der Waals surface area contributed by atoms with Crippen molar-refractivity contribution in [2.45, 2.75) is 63.9 Å². The van der Waals surface area contributed by atoms with Gasteiger partial charge in [0.2, 0.25) is 5.60 Å². The van der Waals surface area contributed by atoms with Crippen LogP contribution in [0.15, 0.2) is 0 Å². The average molecular weight is 292 g/mol. The quantitative estimate of drug-likeness (QED) is 0.419. The smallest absolute Gasteiger partial charge is 0.249 e. The zero-order valence-corrected chi connectivity index (χ0v) is 15.5. The molecular formula is C16H24O3Si. The Morgan fingerprint density at radius 2 is 0.850 bits per heavy atom. The highest BCUT2D eigenvalue weighted by molar-refractivity contribution is 6.12. The number of rotatable bonds is 6. The molecule has 0 unspecified atom stereocenters. The van der Waals surface area contributed by atoms with E-state index in [2.05, 4.69) is 17.8 Å². The SMILES string of the molecule is C#CC(C)(C)OC([SiH3])(OC(C)(C)C#C)OC(C)(C)C#C. The Morgan fingerprint density at radius 1 is 0.650 bits per heavy atom. The van der Waals surface area contributed by atoms with Crippen LogP contribution in [0, 0.1) is 37.0 Å². The molecule has 3 nitrogen and oxygen atoms in total. The van der Waals surface area contributed by atoms with Crippen LogP contribution in [0.4, 0.5) is 0 Å². The number of hydrogen-bond acceptors (Lipinski definition) is 3. The predicted octanol–water partition coefficient (Wildman–Crippen LogP) is 1.25. The van der Waals surface area contributed by atoms with Gasteiger partial charge in [-0.3, -0.25) is 0 Å². The summed E-state index contributed by atoms with van der Waals surface area (Å²) in [6.45, 7) is 10.5. The van der Waals surface area contributed by atoms with Gasteiger partial charge in [-0.2, -0.15) is 0 Å². The molecule has 0 aliphatic rings. The zero-order valence-electron chi connectivity index (χ0n) is 13.5. The summed E-state index contributed by atoms with van der Waals surface area (Å²) in [5.74, 6) is 7.62. The maximum atomic E-state index is 5.84. The fourth-order valence-electron chi connectivity index (χ4n) is 1.54. The molecule has 0 heterocycles. The highest BCUT2D eigenvalue weighted by Gasteiger charge is 2.42. The molecule has 0 N–H and O–H groups in total. The van der Waals surface area contributed by atoms with Crippen molar-refractivity contribution in [2.24, 2.45) is 0 Å². The van der Waals surface area contributed by atoms with Crippen molar-refractivity contribution in [2.75, 3.05) is 0 Å². The molecule has 0 aromatic carbocycles. The molecule has 4 heteroatoms. The van der Waals surface area contributed by atoms with Crippen molar-refractivity contribution in [1.82, 2.24) is 0 Å². The summed E-state index contributed by atoms with van der Waals surface area (Å²) < 4.78 is 17.5. The molecule has 0 saturated carbocycles. The van der Waals surface area contributed by atoms with Crippen molar-refractivity contribution in [3.05, 3.63) is 0 Å². The Balaban J connectivity index is 5.43. The van der Waals surface area contributed by atoms with Crippen LogP contribution < -0.4 is 0 Å². The van der Waals surface area contributed by atoms with Crippen molar-refractivity contribution in [1.29, 1.82) is 0 Å². The highest BCUT2D eigenvalue weighted by atomic mass is 28.1. The number of hydrogen-bond donors (Lipinski definition) is 0. The van der Waals surface area contributed by atoms with Gasteiger partial charge in [0.15, 0.2) is 0 Å². The fraction of sp³-hybridized carbons (Fsp3) is 0.625. The Morgan fingerprint density at radius 3 is 1.00 bits per heavy atom.